The van der Waals surface area contributed by atoms with Gasteiger partial charge >= 0.3 is 0 Å². The summed E-state index contributed by atoms with van der Waals surface area (Å²) in [5, 5.41) is 7.41. The van der Waals surface area contributed by atoms with Crippen molar-refractivity contribution in [3.63, 3.8) is 0 Å². The number of aromatic nitrogens is 5. The zero-order chi connectivity index (χ0) is 10.8. The molecule has 15 heavy (non-hydrogen) atoms. The number of ketones is 1. The summed E-state index contributed by atoms with van der Waals surface area (Å²) >= 11 is 0. The van der Waals surface area contributed by atoms with Crippen molar-refractivity contribution >= 4 is 5.78 Å². The van der Waals surface area contributed by atoms with Crippen LogP contribution in [0, 0.1) is 6.92 Å². The van der Waals surface area contributed by atoms with Gasteiger partial charge in [0.15, 0.2) is 5.69 Å². The van der Waals surface area contributed by atoms with E-state index in [2.05, 4.69) is 20.3 Å². The molecule has 0 N–H and O–H groups in total. The predicted molar refractivity (Wildman–Crippen MR) is 51.2 cm³/mol. The lowest BCUT2D eigenvalue weighted by Crippen LogP contribution is -2.06. The van der Waals surface area contributed by atoms with Crippen LogP contribution in [0.2, 0.25) is 0 Å². The van der Waals surface area contributed by atoms with Crippen LogP contribution < -0.4 is 0 Å². The van der Waals surface area contributed by atoms with Crippen LogP contribution in [0.15, 0.2) is 18.5 Å². The molecule has 2 rings (SSSR count). The summed E-state index contributed by atoms with van der Waals surface area (Å²) in [6.45, 7) is 1.73. The van der Waals surface area contributed by atoms with Gasteiger partial charge in [-0.15, -0.1) is 5.10 Å². The molecular formula is C9H9N5O. The minimum absolute atomic E-state index is 0.242. The SMILES string of the molecule is Cc1nccc(C(=O)c2cn(C)nn2)n1. The molecule has 0 saturated heterocycles. The number of rotatable bonds is 2. The average molecular weight is 203 g/mol. The van der Waals surface area contributed by atoms with Crippen molar-refractivity contribution in [3.05, 3.63) is 35.7 Å². The van der Waals surface area contributed by atoms with Crippen LogP contribution >= 0.6 is 0 Å². The van der Waals surface area contributed by atoms with Crippen molar-refractivity contribution < 1.29 is 4.79 Å². The van der Waals surface area contributed by atoms with Gasteiger partial charge in [0.25, 0.3) is 0 Å². The van der Waals surface area contributed by atoms with E-state index < -0.39 is 0 Å². The Bertz CT molecular complexity index is 505. The minimum atomic E-state index is -0.242. The fraction of sp³-hybridized carbons (Fsp3) is 0.222. The third-order valence-corrected chi connectivity index (χ3v) is 1.84. The quantitative estimate of drug-likeness (QED) is 0.649. The largest absolute Gasteiger partial charge is 0.285 e. The van der Waals surface area contributed by atoms with Crippen LogP contribution in [0.3, 0.4) is 0 Å². The molecule has 0 aliphatic heterocycles. The maximum Gasteiger partial charge on any atom is 0.233 e. The highest BCUT2D eigenvalue weighted by atomic mass is 16.1. The number of carbonyl (C=O) groups is 1. The van der Waals surface area contributed by atoms with Crippen LogP contribution in [0.1, 0.15) is 22.0 Å². The maximum absolute atomic E-state index is 11.8. The van der Waals surface area contributed by atoms with Gasteiger partial charge in [0.1, 0.15) is 11.5 Å². The summed E-state index contributed by atoms with van der Waals surface area (Å²) in [7, 11) is 1.70. The molecule has 0 fully saturated rings. The van der Waals surface area contributed by atoms with E-state index in [1.807, 2.05) is 0 Å². The normalized spacial score (nSPS) is 10.3. The second-order valence-corrected chi connectivity index (χ2v) is 3.10. The smallest absolute Gasteiger partial charge is 0.233 e. The van der Waals surface area contributed by atoms with E-state index in [0.29, 0.717) is 11.5 Å². The number of nitrogens with zero attached hydrogens (tertiary/aromatic N) is 5. The fourth-order valence-corrected chi connectivity index (χ4v) is 1.17. The topological polar surface area (TPSA) is 73.6 Å². The van der Waals surface area contributed by atoms with E-state index in [0.717, 1.165) is 0 Å². The fourth-order valence-electron chi connectivity index (χ4n) is 1.17. The molecule has 0 aliphatic rings. The van der Waals surface area contributed by atoms with Gasteiger partial charge < -0.3 is 0 Å². The summed E-state index contributed by atoms with van der Waals surface area (Å²) in [6.07, 6.45) is 3.10. The Morgan fingerprint density at radius 1 is 1.40 bits per heavy atom. The molecule has 0 aromatic carbocycles. The first kappa shape index (κ1) is 9.45. The first-order valence-corrected chi connectivity index (χ1v) is 4.37. The predicted octanol–water partition coefficient (Wildman–Crippen LogP) is 0.145. The number of carbonyl (C=O) groups excluding carboxylic acids is 1. The lowest BCUT2D eigenvalue weighted by Gasteiger charge is -1.96. The molecule has 2 aromatic heterocycles. The van der Waals surface area contributed by atoms with Gasteiger partial charge in [-0.25, -0.2) is 9.97 Å². The van der Waals surface area contributed by atoms with Crippen molar-refractivity contribution in [1.29, 1.82) is 0 Å². The molecule has 2 heterocycles. The van der Waals surface area contributed by atoms with Gasteiger partial charge in [-0.3, -0.25) is 9.48 Å². The summed E-state index contributed by atoms with van der Waals surface area (Å²) in [6, 6.07) is 1.56. The summed E-state index contributed by atoms with van der Waals surface area (Å²) in [5.74, 6) is 0.318. The van der Waals surface area contributed by atoms with E-state index in [-0.39, 0.29) is 11.5 Å². The van der Waals surface area contributed by atoms with Crippen LogP contribution in [0.4, 0.5) is 0 Å². The van der Waals surface area contributed by atoms with Crippen LogP contribution in [0.25, 0.3) is 0 Å². The highest BCUT2D eigenvalue weighted by molar-refractivity contribution is 6.06. The van der Waals surface area contributed by atoms with E-state index in [9.17, 15) is 4.79 Å². The Kier molecular flexibility index (Phi) is 2.24. The van der Waals surface area contributed by atoms with E-state index in [4.69, 9.17) is 0 Å². The first-order chi connectivity index (χ1) is 7.16. The molecule has 0 saturated carbocycles. The number of aryl methyl sites for hydroxylation is 2. The molecule has 76 valence electrons. The van der Waals surface area contributed by atoms with Crippen molar-refractivity contribution in [2.75, 3.05) is 0 Å². The van der Waals surface area contributed by atoms with Gasteiger partial charge in [0.05, 0.1) is 6.20 Å². The minimum Gasteiger partial charge on any atom is -0.285 e. The lowest BCUT2D eigenvalue weighted by molar-refractivity contribution is 0.102. The van der Waals surface area contributed by atoms with Gasteiger partial charge in [-0.1, -0.05) is 5.21 Å². The van der Waals surface area contributed by atoms with Crippen LogP contribution in [0.5, 0.6) is 0 Å². The molecule has 0 amide bonds. The Morgan fingerprint density at radius 2 is 2.20 bits per heavy atom. The van der Waals surface area contributed by atoms with E-state index in [1.165, 1.54) is 4.68 Å². The lowest BCUT2D eigenvalue weighted by atomic mass is 10.2. The van der Waals surface area contributed by atoms with E-state index in [1.54, 1.807) is 32.4 Å². The average Bonchev–Trinajstić information content (AvgIpc) is 2.64. The molecule has 0 aliphatic carbocycles. The zero-order valence-corrected chi connectivity index (χ0v) is 8.38. The molecule has 2 aromatic rings. The zero-order valence-electron chi connectivity index (χ0n) is 8.38. The van der Waals surface area contributed by atoms with Crippen LogP contribution in [-0.4, -0.2) is 30.7 Å². The first-order valence-electron chi connectivity index (χ1n) is 4.37. The Hall–Kier alpha value is -2.11. The molecule has 0 atom stereocenters. The standard InChI is InChI=1S/C9H9N5O/c1-6-10-4-3-7(11-6)9(15)8-5-14(2)13-12-8/h3-5H,1-2H3. The number of hydrogen-bond acceptors (Lipinski definition) is 5. The van der Waals surface area contributed by atoms with Crippen LogP contribution in [-0.2, 0) is 7.05 Å². The molecule has 6 heteroatoms. The third kappa shape index (κ3) is 1.88. The van der Waals surface area contributed by atoms with Gasteiger partial charge in [-0.05, 0) is 13.0 Å². The summed E-state index contributed by atoms with van der Waals surface area (Å²) < 4.78 is 1.47. The highest BCUT2D eigenvalue weighted by Gasteiger charge is 2.14. The summed E-state index contributed by atoms with van der Waals surface area (Å²) in [4.78, 5) is 19.7. The van der Waals surface area contributed by atoms with Gasteiger partial charge in [0, 0.05) is 13.2 Å². The Labute approximate surface area is 86.0 Å². The van der Waals surface area contributed by atoms with Gasteiger partial charge in [0.2, 0.25) is 5.78 Å². The highest BCUT2D eigenvalue weighted by Crippen LogP contribution is 2.03. The molecule has 0 bridgehead atoms. The molecule has 0 spiro atoms. The summed E-state index contributed by atoms with van der Waals surface area (Å²) in [5.41, 5.74) is 0.624. The monoisotopic (exact) mass is 203 g/mol. The molecule has 0 radical (unpaired) electrons. The second-order valence-electron chi connectivity index (χ2n) is 3.10. The van der Waals surface area contributed by atoms with Crippen molar-refractivity contribution in [1.82, 2.24) is 25.0 Å². The molecular weight excluding hydrogens is 194 g/mol. The van der Waals surface area contributed by atoms with Gasteiger partial charge in [-0.2, -0.15) is 0 Å². The third-order valence-electron chi connectivity index (χ3n) is 1.84. The maximum atomic E-state index is 11.8. The van der Waals surface area contributed by atoms with Crippen molar-refractivity contribution in [2.24, 2.45) is 7.05 Å². The number of hydrogen-bond donors (Lipinski definition) is 0. The second kappa shape index (κ2) is 3.56. The van der Waals surface area contributed by atoms with Crippen molar-refractivity contribution in [2.45, 2.75) is 6.92 Å². The molecule has 0 unspecified atom stereocenters. The van der Waals surface area contributed by atoms with Crippen molar-refractivity contribution in [3.8, 4) is 0 Å². The Morgan fingerprint density at radius 3 is 2.80 bits per heavy atom. The van der Waals surface area contributed by atoms with E-state index >= 15 is 0 Å². The Balaban J connectivity index is 2.36. The molecule has 6 nitrogen and oxygen atoms in total.